The van der Waals surface area contributed by atoms with Crippen LogP contribution in [0, 0.1) is 0 Å². The fourth-order valence-electron chi connectivity index (χ4n) is 2.99. The SMILES string of the molecule is CNS(=O)(=O)c1ccc(N2CCN(C(=O)c3cccc(C(F)(F)F)c3)CC2)nc1. The van der Waals surface area contributed by atoms with Gasteiger partial charge in [-0.05, 0) is 37.4 Å². The Labute approximate surface area is 166 Å². The summed E-state index contributed by atoms with van der Waals surface area (Å²) in [4.78, 5) is 20.1. The number of piperazine rings is 1. The highest BCUT2D eigenvalue weighted by molar-refractivity contribution is 7.89. The molecule has 1 amide bonds. The molecule has 1 aromatic carbocycles. The van der Waals surface area contributed by atoms with Crippen molar-refractivity contribution in [3.8, 4) is 0 Å². The van der Waals surface area contributed by atoms with Crippen LogP contribution in [0.15, 0.2) is 47.5 Å². The zero-order valence-corrected chi connectivity index (χ0v) is 16.3. The molecule has 29 heavy (non-hydrogen) atoms. The maximum atomic E-state index is 12.9. The standard InChI is InChI=1S/C18H19F3N4O3S/c1-22-29(27,28)15-5-6-16(23-12-15)24-7-9-25(10-8-24)17(26)13-3-2-4-14(11-13)18(19,20)21/h2-6,11-12,22H,7-10H2,1H3. The van der Waals surface area contributed by atoms with Crippen LogP contribution in [0.25, 0.3) is 0 Å². The second-order valence-electron chi connectivity index (χ2n) is 6.42. The van der Waals surface area contributed by atoms with Crippen LogP contribution in [0.4, 0.5) is 19.0 Å². The first kappa shape index (κ1) is 21.1. The number of anilines is 1. The number of sulfonamides is 1. The lowest BCUT2D eigenvalue weighted by Gasteiger charge is -2.35. The van der Waals surface area contributed by atoms with E-state index >= 15 is 0 Å². The summed E-state index contributed by atoms with van der Waals surface area (Å²) >= 11 is 0. The van der Waals surface area contributed by atoms with E-state index in [9.17, 15) is 26.4 Å². The molecule has 1 aliphatic heterocycles. The summed E-state index contributed by atoms with van der Waals surface area (Å²) < 4.78 is 64.3. The number of nitrogens with one attached hydrogen (secondary N) is 1. The largest absolute Gasteiger partial charge is 0.416 e. The zero-order valence-electron chi connectivity index (χ0n) is 15.5. The number of nitrogens with zero attached hydrogens (tertiary/aromatic N) is 3. The van der Waals surface area contributed by atoms with Crippen LogP contribution in [0.2, 0.25) is 0 Å². The summed E-state index contributed by atoms with van der Waals surface area (Å²) in [5.74, 6) is 0.102. The molecule has 0 bridgehead atoms. The molecule has 2 aromatic rings. The fourth-order valence-corrected chi connectivity index (χ4v) is 3.66. The van der Waals surface area contributed by atoms with E-state index in [0.717, 1.165) is 12.1 Å². The number of pyridine rings is 1. The average Bonchev–Trinajstić information content (AvgIpc) is 2.73. The average molecular weight is 428 g/mol. The first-order chi connectivity index (χ1) is 13.6. The van der Waals surface area contributed by atoms with Crippen molar-refractivity contribution in [2.45, 2.75) is 11.1 Å². The topological polar surface area (TPSA) is 82.6 Å². The minimum absolute atomic E-state index is 0.00646. The van der Waals surface area contributed by atoms with E-state index < -0.39 is 27.7 Å². The monoisotopic (exact) mass is 428 g/mol. The lowest BCUT2D eigenvalue weighted by molar-refractivity contribution is -0.137. The summed E-state index contributed by atoms with van der Waals surface area (Å²) in [5, 5.41) is 0. The van der Waals surface area contributed by atoms with Gasteiger partial charge in [0.15, 0.2) is 0 Å². The lowest BCUT2D eigenvalue weighted by atomic mass is 10.1. The van der Waals surface area contributed by atoms with Crippen molar-refractivity contribution in [3.05, 3.63) is 53.7 Å². The highest BCUT2D eigenvalue weighted by Gasteiger charge is 2.31. The molecule has 1 fully saturated rings. The molecule has 0 unspecified atom stereocenters. The second kappa shape index (κ2) is 7.99. The molecular formula is C18H19F3N4O3S. The minimum atomic E-state index is -4.51. The Hall–Kier alpha value is -2.66. The van der Waals surface area contributed by atoms with Gasteiger partial charge in [-0.25, -0.2) is 18.1 Å². The predicted octanol–water partition coefficient (Wildman–Crippen LogP) is 1.97. The van der Waals surface area contributed by atoms with Gasteiger partial charge >= 0.3 is 6.18 Å². The summed E-state index contributed by atoms with van der Waals surface area (Å²) in [6.45, 7) is 1.48. The van der Waals surface area contributed by atoms with Gasteiger partial charge in [0, 0.05) is 37.9 Å². The van der Waals surface area contributed by atoms with E-state index in [1.807, 2.05) is 4.90 Å². The molecule has 11 heteroatoms. The third-order valence-electron chi connectivity index (χ3n) is 4.63. The number of benzene rings is 1. The third kappa shape index (κ3) is 4.67. The number of rotatable bonds is 4. The number of alkyl halides is 3. The normalized spacial score (nSPS) is 15.4. The quantitative estimate of drug-likeness (QED) is 0.805. The van der Waals surface area contributed by atoms with Gasteiger partial charge in [0.2, 0.25) is 10.0 Å². The molecule has 0 saturated carbocycles. The van der Waals surface area contributed by atoms with Crippen molar-refractivity contribution in [2.75, 3.05) is 38.1 Å². The molecule has 2 heterocycles. The Bertz CT molecular complexity index is 986. The van der Waals surface area contributed by atoms with Crippen molar-refractivity contribution in [3.63, 3.8) is 0 Å². The third-order valence-corrected chi connectivity index (χ3v) is 6.03. The summed E-state index contributed by atoms with van der Waals surface area (Å²) in [6, 6.07) is 7.39. The van der Waals surface area contributed by atoms with Gasteiger partial charge in [-0.3, -0.25) is 4.79 Å². The van der Waals surface area contributed by atoms with Gasteiger partial charge < -0.3 is 9.80 Å². The maximum absolute atomic E-state index is 12.9. The smallest absolute Gasteiger partial charge is 0.353 e. The molecule has 3 rings (SSSR count). The molecule has 1 aliphatic rings. The number of hydrogen-bond donors (Lipinski definition) is 1. The van der Waals surface area contributed by atoms with E-state index in [2.05, 4.69) is 9.71 Å². The van der Waals surface area contributed by atoms with Crippen LogP contribution in [0.5, 0.6) is 0 Å². The number of halogens is 3. The Morgan fingerprint density at radius 3 is 2.34 bits per heavy atom. The summed E-state index contributed by atoms with van der Waals surface area (Å²) in [6.07, 6.45) is -3.26. The fraction of sp³-hybridized carbons (Fsp3) is 0.333. The van der Waals surface area contributed by atoms with Crippen molar-refractivity contribution in [1.29, 1.82) is 0 Å². The Balaban J connectivity index is 1.65. The Morgan fingerprint density at radius 1 is 1.10 bits per heavy atom. The van der Waals surface area contributed by atoms with E-state index in [-0.39, 0.29) is 10.5 Å². The number of carbonyl (C=O) groups excluding carboxylic acids is 1. The predicted molar refractivity (Wildman–Crippen MR) is 100 cm³/mol. The van der Waals surface area contributed by atoms with Crippen molar-refractivity contribution >= 4 is 21.7 Å². The van der Waals surface area contributed by atoms with Crippen LogP contribution >= 0.6 is 0 Å². The molecule has 1 saturated heterocycles. The highest BCUT2D eigenvalue weighted by atomic mass is 32.2. The van der Waals surface area contributed by atoms with Crippen LogP contribution in [-0.2, 0) is 16.2 Å². The van der Waals surface area contributed by atoms with Crippen molar-refractivity contribution in [1.82, 2.24) is 14.6 Å². The van der Waals surface area contributed by atoms with Crippen LogP contribution in [0.1, 0.15) is 15.9 Å². The van der Waals surface area contributed by atoms with Gasteiger partial charge in [0.05, 0.1) is 5.56 Å². The molecule has 1 N–H and O–H groups in total. The molecule has 7 nitrogen and oxygen atoms in total. The number of hydrogen-bond acceptors (Lipinski definition) is 5. The summed E-state index contributed by atoms with van der Waals surface area (Å²) in [7, 11) is -2.27. The highest BCUT2D eigenvalue weighted by Crippen LogP contribution is 2.30. The van der Waals surface area contributed by atoms with E-state index in [4.69, 9.17) is 0 Å². The second-order valence-corrected chi connectivity index (χ2v) is 8.30. The van der Waals surface area contributed by atoms with E-state index in [0.29, 0.717) is 32.0 Å². The van der Waals surface area contributed by atoms with Crippen LogP contribution < -0.4 is 9.62 Å². The first-order valence-corrected chi connectivity index (χ1v) is 10.2. The van der Waals surface area contributed by atoms with Crippen molar-refractivity contribution in [2.24, 2.45) is 0 Å². The Morgan fingerprint density at radius 2 is 1.79 bits per heavy atom. The molecule has 0 aliphatic carbocycles. The maximum Gasteiger partial charge on any atom is 0.416 e. The first-order valence-electron chi connectivity index (χ1n) is 8.73. The molecular weight excluding hydrogens is 409 g/mol. The molecule has 156 valence electrons. The molecule has 0 atom stereocenters. The van der Waals surface area contributed by atoms with Gasteiger partial charge in [-0.15, -0.1) is 0 Å². The summed E-state index contributed by atoms with van der Waals surface area (Å²) in [5.41, 5.74) is -0.865. The Kier molecular flexibility index (Phi) is 5.80. The van der Waals surface area contributed by atoms with Gasteiger partial charge in [0.25, 0.3) is 5.91 Å². The molecule has 0 radical (unpaired) electrons. The van der Waals surface area contributed by atoms with Gasteiger partial charge in [0.1, 0.15) is 10.7 Å². The number of aromatic nitrogens is 1. The minimum Gasteiger partial charge on any atom is -0.353 e. The van der Waals surface area contributed by atoms with Crippen LogP contribution in [0.3, 0.4) is 0 Å². The number of amides is 1. The van der Waals surface area contributed by atoms with Crippen LogP contribution in [-0.4, -0.2) is 57.4 Å². The van der Waals surface area contributed by atoms with Crippen molar-refractivity contribution < 1.29 is 26.4 Å². The molecule has 1 aromatic heterocycles. The molecule has 0 spiro atoms. The number of carbonyl (C=O) groups is 1. The zero-order chi connectivity index (χ0) is 21.2. The van der Waals surface area contributed by atoms with E-state index in [1.54, 1.807) is 6.07 Å². The van der Waals surface area contributed by atoms with E-state index in [1.165, 1.54) is 36.3 Å². The lowest BCUT2D eigenvalue weighted by Crippen LogP contribution is -2.49. The van der Waals surface area contributed by atoms with Gasteiger partial charge in [-0.1, -0.05) is 6.07 Å². The van der Waals surface area contributed by atoms with Gasteiger partial charge in [-0.2, -0.15) is 13.2 Å².